The topological polar surface area (TPSA) is 81.0 Å². The van der Waals surface area contributed by atoms with Crippen LogP contribution in [0.3, 0.4) is 0 Å². The maximum absolute atomic E-state index is 13.8. The molecule has 35 heavy (non-hydrogen) atoms. The van der Waals surface area contributed by atoms with E-state index in [1.807, 2.05) is 30.3 Å². The summed E-state index contributed by atoms with van der Waals surface area (Å²) in [6.45, 7) is 0. The summed E-state index contributed by atoms with van der Waals surface area (Å²) < 4.78 is 22.1. The monoisotopic (exact) mass is 470 g/mol. The van der Waals surface area contributed by atoms with Crippen molar-refractivity contribution in [3.8, 4) is 29.1 Å². The molecule has 1 heterocycles. The summed E-state index contributed by atoms with van der Waals surface area (Å²) in [5.41, 5.74) is 1.14. The second kappa shape index (κ2) is 9.82. The lowest BCUT2D eigenvalue weighted by Crippen LogP contribution is -2.49. The van der Waals surface area contributed by atoms with E-state index in [4.69, 9.17) is 18.9 Å². The minimum Gasteiger partial charge on any atom is -0.493 e. The molecule has 1 aliphatic rings. The number of fused-ring (bicyclic) bond motifs is 1. The fourth-order valence-electron chi connectivity index (χ4n) is 4.48. The maximum atomic E-state index is 13.8. The quantitative estimate of drug-likeness (QED) is 0.493. The van der Waals surface area contributed by atoms with E-state index < -0.39 is 5.54 Å². The SMILES string of the molecule is COc1ccc(CC2(C#N)c3c(ccc(OC)c3OC)C=CN2C(=O)c2ccccc2)cc1OC. The van der Waals surface area contributed by atoms with Crippen molar-refractivity contribution in [2.75, 3.05) is 28.4 Å². The summed E-state index contributed by atoms with van der Waals surface area (Å²) >= 11 is 0. The molecule has 0 fully saturated rings. The van der Waals surface area contributed by atoms with Crippen LogP contribution in [0, 0.1) is 11.3 Å². The molecule has 3 aromatic carbocycles. The minimum absolute atomic E-state index is 0.170. The average Bonchev–Trinajstić information content (AvgIpc) is 2.92. The van der Waals surface area contributed by atoms with E-state index in [-0.39, 0.29) is 12.3 Å². The smallest absolute Gasteiger partial charge is 0.259 e. The van der Waals surface area contributed by atoms with Gasteiger partial charge in [-0.25, -0.2) is 0 Å². The molecule has 178 valence electrons. The molecule has 1 amide bonds. The van der Waals surface area contributed by atoms with Crippen molar-refractivity contribution >= 4 is 12.0 Å². The second-order valence-electron chi connectivity index (χ2n) is 7.96. The highest BCUT2D eigenvalue weighted by molar-refractivity contribution is 5.97. The van der Waals surface area contributed by atoms with Gasteiger partial charge in [-0.15, -0.1) is 0 Å². The molecule has 1 unspecified atom stereocenters. The predicted molar refractivity (Wildman–Crippen MR) is 132 cm³/mol. The molecule has 0 radical (unpaired) electrons. The molecule has 7 nitrogen and oxygen atoms in total. The highest BCUT2D eigenvalue weighted by atomic mass is 16.5. The van der Waals surface area contributed by atoms with Crippen LogP contribution < -0.4 is 18.9 Å². The van der Waals surface area contributed by atoms with E-state index >= 15 is 0 Å². The molecule has 1 aliphatic heterocycles. The van der Waals surface area contributed by atoms with Crippen molar-refractivity contribution in [3.05, 3.63) is 89.1 Å². The van der Waals surface area contributed by atoms with Gasteiger partial charge in [0.05, 0.1) is 34.5 Å². The summed E-state index contributed by atoms with van der Waals surface area (Å²) in [6.07, 6.45) is 3.64. The van der Waals surface area contributed by atoms with E-state index in [0.29, 0.717) is 34.1 Å². The molecule has 0 saturated heterocycles. The molecule has 0 N–H and O–H groups in total. The van der Waals surface area contributed by atoms with E-state index in [9.17, 15) is 10.1 Å². The minimum atomic E-state index is -1.43. The average molecular weight is 471 g/mol. The van der Waals surface area contributed by atoms with Gasteiger partial charge in [0.2, 0.25) is 0 Å². The Bertz CT molecular complexity index is 1310. The zero-order chi connectivity index (χ0) is 25.0. The van der Waals surface area contributed by atoms with Crippen LogP contribution in [0.25, 0.3) is 6.08 Å². The van der Waals surface area contributed by atoms with Gasteiger partial charge < -0.3 is 18.9 Å². The third-order valence-corrected chi connectivity index (χ3v) is 6.14. The first-order valence-corrected chi connectivity index (χ1v) is 11.0. The normalized spacial score (nSPS) is 16.1. The largest absolute Gasteiger partial charge is 0.493 e. The molecular formula is C28H26N2O5. The number of hydrogen-bond acceptors (Lipinski definition) is 6. The fraction of sp³-hybridized carbons (Fsp3) is 0.214. The number of methoxy groups -OCH3 is 4. The van der Waals surface area contributed by atoms with Crippen LogP contribution in [0.4, 0.5) is 0 Å². The van der Waals surface area contributed by atoms with Crippen LogP contribution in [0.5, 0.6) is 23.0 Å². The fourth-order valence-corrected chi connectivity index (χ4v) is 4.48. The number of carbonyl (C=O) groups is 1. The predicted octanol–water partition coefficient (Wildman–Crippen LogP) is 4.81. The van der Waals surface area contributed by atoms with Crippen molar-refractivity contribution in [2.24, 2.45) is 0 Å². The van der Waals surface area contributed by atoms with Gasteiger partial charge in [0, 0.05) is 23.7 Å². The first-order chi connectivity index (χ1) is 17.0. The van der Waals surface area contributed by atoms with Gasteiger partial charge in [-0.2, -0.15) is 5.26 Å². The van der Waals surface area contributed by atoms with Crippen LogP contribution in [0.2, 0.25) is 0 Å². The number of carbonyl (C=O) groups excluding carboxylic acids is 1. The molecule has 7 heteroatoms. The third-order valence-electron chi connectivity index (χ3n) is 6.14. The molecule has 0 spiro atoms. The van der Waals surface area contributed by atoms with Crippen molar-refractivity contribution in [3.63, 3.8) is 0 Å². The Kier molecular flexibility index (Phi) is 6.65. The molecule has 0 bridgehead atoms. The van der Waals surface area contributed by atoms with Gasteiger partial charge >= 0.3 is 0 Å². The lowest BCUT2D eigenvalue weighted by atomic mass is 9.78. The third kappa shape index (κ3) is 4.04. The summed E-state index contributed by atoms with van der Waals surface area (Å²) in [6, 6.07) is 20.4. The van der Waals surface area contributed by atoms with Gasteiger partial charge in [0.25, 0.3) is 5.91 Å². The van der Waals surface area contributed by atoms with E-state index in [0.717, 1.165) is 11.1 Å². The number of nitriles is 1. The van der Waals surface area contributed by atoms with Crippen molar-refractivity contribution < 1.29 is 23.7 Å². The molecule has 1 atom stereocenters. The molecule has 0 saturated carbocycles. The number of nitrogens with zero attached hydrogens (tertiary/aromatic N) is 2. The Balaban J connectivity index is 1.96. The van der Waals surface area contributed by atoms with Crippen molar-refractivity contribution in [1.82, 2.24) is 4.90 Å². The lowest BCUT2D eigenvalue weighted by Gasteiger charge is -2.41. The van der Waals surface area contributed by atoms with Crippen LogP contribution in [-0.4, -0.2) is 39.2 Å². The van der Waals surface area contributed by atoms with Gasteiger partial charge in [0.15, 0.2) is 28.5 Å². The van der Waals surface area contributed by atoms with Gasteiger partial charge in [-0.3, -0.25) is 9.69 Å². The summed E-state index contributed by atoms with van der Waals surface area (Å²) in [4.78, 5) is 15.2. The van der Waals surface area contributed by atoms with E-state index in [1.165, 1.54) is 19.1 Å². The first-order valence-electron chi connectivity index (χ1n) is 11.0. The Morgan fingerprint density at radius 1 is 0.886 bits per heavy atom. The van der Waals surface area contributed by atoms with Crippen LogP contribution in [-0.2, 0) is 12.0 Å². The summed E-state index contributed by atoms with van der Waals surface area (Å²) in [7, 11) is 6.18. The Morgan fingerprint density at radius 2 is 1.57 bits per heavy atom. The highest BCUT2D eigenvalue weighted by Crippen LogP contribution is 2.48. The zero-order valence-corrected chi connectivity index (χ0v) is 20.1. The number of rotatable bonds is 7. The van der Waals surface area contributed by atoms with Crippen LogP contribution >= 0.6 is 0 Å². The molecule has 0 aliphatic carbocycles. The summed E-state index contributed by atoms with van der Waals surface area (Å²) in [5.74, 6) is 1.67. The Labute approximate surface area is 204 Å². The van der Waals surface area contributed by atoms with E-state index in [2.05, 4.69) is 6.07 Å². The second-order valence-corrected chi connectivity index (χ2v) is 7.96. The van der Waals surface area contributed by atoms with Crippen LogP contribution in [0.15, 0.2) is 66.9 Å². The van der Waals surface area contributed by atoms with Crippen molar-refractivity contribution in [2.45, 2.75) is 12.0 Å². The van der Waals surface area contributed by atoms with Crippen molar-refractivity contribution in [1.29, 1.82) is 5.26 Å². The maximum Gasteiger partial charge on any atom is 0.259 e. The number of hydrogen-bond donors (Lipinski definition) is 0. The Hall–Kier alpha value is -4.44. The number of benzene rings is 3. The zero-order valence-electron chi connectivity index (χ0n) is 20.1. The Morgan fingerprint density at radius 3 is 2.20 bits per heavy atom. The first kappa shape index (κ1) is 23.7. The molecular weight excluding hydrogens is 444 g/mol. The molecule has 4 rings (SSSR count). The number of ether oxygens (including phenoxy) is 4. The highest BCUT2D eigenvalue weighted by Gasteiger charge is 2.47. The number of amides is 1. The van der Waals surface area contributed by atoms with Gasteiger partial charge in [-0.1, -0.05) is 30.3 Å². The van der Waals surface area contributed by atoms with E-state index in [1.54, 1.807) is 56.8 Å². The van der Waals surface area contributed by atoms with Gasteiger partial charge in [0.1, 0.15) is 0 Å². The summed E-state index contributed by atoms with van der Waals surface area (Å²) in [5, 5.41) is 10.8. The standard InChI is InChI=1S/C28H26N2O5/c1-32-22-12-10-19(16-24(22)34-3)17-28(18-29)25-20(11-13-23(33-2)26(25)35-4)14-15-30(28)27(31)21-8-6-5-7-9-21/h5-16H,17H2,1-4H3. The molecule has 0 aromatic heterocycles. The molecule has 3 aromatic rings. The van der Waals surface area contributed by atoms with Gasteiger partial charge in [-0.05, 0) is 47.5 Å². The lowest BCUT2D eigenvalue weighted by molar-refractivity contribution is 0.0693. The van der Waals surface area contributed by atoms with Crippen LogP contribution in [0.1, 0.15) is 27.0 Å².